The number of benzene rings is 1. The van der Waals surface area contributed by atoms with Gasteiger partial charge in [-0.15, -0.1) is 11.6 Å². The topological polar surface area (TPSA) is 103 Å². The van der Waals surface area contributed by atoms with Crippen molar-refractivity contribution in [3.8, 4) is 5.75 Å². The van der Waals surface area contributed by atoms with Gasteiger partial charge in [0, 0.05) is 18.0 Å². The Hall–Kier alpha value is -3.28. The summed E-state index contributed by atoms with van der Waals surface area (Å²) >= 11 is 5.88. The van der Waals surface area contributed by atoms with E-state index in [9.17, 15) is 18.0 Å². The molecule has 0 radical (unpaired) electrons. The highest BCUT2D eigenvalue weighted by molar-refractivity contribution is 6.17. The average Bonchev–Trinajstić information content (AvgIpc) is 3.18. The van der Waals surface area contributed by atoms with Crippen LogP contribution in [0.25, 0.3) is 11.0 Å². The third-order valence-corrected chi connectivity index (χ3v) is 5.21. The first-order valence-electron chi connectivity index (χ1n) is 10.4. The zero-order valence-electron chi connectivity index (χ0n) is 18.8. The van der Waals surface area contributed by atoms with Gasteiger partial charge in [-0.2, -0.15) is 23.3 Å². The van der Waals surface area contributed by atoms with Gasteiger partial charge in [0.15, 0.2) is 11.5 Å². The van der Waals surface area contributed by atoms with Crippen LogP contribution in [-0.2, 0) is 23.3 Å². The van der Waals surface area contributed by atoms with E-state index in [1.54, 1.807) is 18.2 Å². The van der Waals surface area contributed by atoms with Crippen molar-refractivity contribution in [2.24, 2.45) is 0 Å². The predicted molar refractivity (Wildman–Crippen MR) is 121 cm³/mol. The lowest BCUT2D eigenvalue weighted by molar-refractivity contribution is -0.140. The van der Waals surface area contributed by atoms with Gasteiger partial charge in [-0.25, -0.2) is 9.78 Å². The number of unbranched alkanes of at least 4 members (excludes halogenated alkanes) is 1. The zero-order valence-corrected chi connectivity index (χ0v) is 19.5. The summed E-state index contributed by atoms with van der Waals surface area (Å²) in [5, 5.41) is 9.09. The van der Waals surface area contributed by atoms with Crippen molar-refractivity contribution in [3.63, 3.8) is 0 Å². The van der Waals surface area contributed by atoms with Crippen LogP contribution in [0.1, 0.15) is 36.6 Å². The summed E-state index contributed by atoms with van der Waals surface area (Å²) in [7, 11) is 2.58. The van der Waals surface area contributed by atoms with Gasteiger partial charge in [-0.3, -0.25) is 10.00 Å². The molecule has 0 saturated heterocycles. The van der Waals surface area contributed by atoms with E-state index in [0.29, 0.717) is 17.9 Å². The van der Waals surface area contributed by atoms with Crippen LogP contribution in [-0.4, -0.2) is 46.6 Å². The largest absolute Gasteiger partial charge is 0.496 e. The van der Waals surface area contributed by atoms with Crippen molar-refractivity contribution in [3.05, 3.63) is 35.0 Å². The van der Waals surface area contributed by atoms with Crippen molar-refractivity contribution >= 4 is 40.5 Å². The van der Waals surface area contributed by atoms with Crippen LogP contribution in [0, 0.1) is 0 Å². The number of ether oxygens (including phenoxy) is 2. The van der Waals surface area contributed by atoms with E-state index < -0.39 is 23.5 Å². The second-order valence-corrected chi connectivity index (χ2v) is 7.54. The Morgan fingerprint density at radius 3 is 2.62 bits per heavy atom. The van der Waals surface area contributed by atoms with E-state index >= 15 is 0 Å². The van der Waals surface area contributed by atoms with Crippen molar-refractivity contribution in [2.45, 2.75) is 38.4 Å². The van der Waals surface area contributed by atoms with Crippen LogP contribution >= 0.6 is 11.6 Å². The summed E-state index contributed by atoms with van der Waals surface area (Å²) < 4.78 is 52.8. The minimum absolute atomic E-state index is 0.0438. The van der Waals surface area contributed by atoms with E-state index in [0.717, 1.165) is 25.5 Å². The third kappa shape index (κ3) is 5.61. The van der Waals surface area contributed by atoms with Gasteiger partial charge in [0.1, 0.15) is 16.8 Å². The molecule has 2 N–H and O–H groups in total. The van der Waals surface area contributed by atoms with Gasteiger partial charge in [0.05, 0.1) is 20.8 Å². The number of alkyl halides is 4. The molecule has 0 aliphatic carbocycles. The van der Waals surface area contributed by atoms with E-state index in [1.807, 2.05) is 6.92 Å². The first-order valence-corrected chi connectivity index (χ1v) is 10.9. The smallest absolute Gasteiger partial charge is 0.437 e. The Labute approximate surface area is 198 Å². The molecule has 184 valence electrons. The standard InChI is InChI=1S/C21H24ClF3N6O3/c1-4-5-8-26-18-16-15(27-19(28-18)29-20(32)34-3)17(21(23,24)25)30-31(16)11-13-7-6-12(10-22)9-14(13)33-2/h6-7,9H,4-5,8,10-11H2,1-3H3,(H2,26,27,28,29,32). The molecule has 9 nitrogen and oxygen atoms in total. The van der Waals surface area contributed by atoms with Crippen molar-refractivity contribution in [1.29, 1.82) is 0 Å². The molecule has 0 fully saturated rings. The minimum Gasteiger partial charge on any atom is -0.496 e. The number of carbonyl (C=O) groups excluding carboxylic acids is 1. The van der Waals surface area contributed by atoms with E-state index in [2.05, 4.69) is 30.4 Å². The van der Waals surface area contributed by atoms with Gasteiger partial charge in [0.2, 0.25) is 5.95 Å². The Kier molecular flexibility index (Phi) is 8.02. The Morgan fingerprint density at radius 2 is 2.00 bits per heavy atom. The normalized spacial score (nSPS) is 11.5. The summed E-state index contributed by atoms with van der Waals surface area (Å²) in [6, 6.07) is 5.19. The maximum Gasteiger partial charge on any atom is 0.437 e. The summed E-state index contributed by atoms with van der Waals surface area (Å²) in [6.07, 6.45) is -4.11. The summed E-state index contributed by atoms with van der Waals surface area (Å²) in [5.74, 6) is 0.479. The lowest BCUT2D eigenvalue weighted by Gasteiger charge is -2.13. The Morgan fingerprint density at radius 1 is 1.24 bits per heavy atom. The third-order valence-electron chi connectivity index (χ3n) is 4.90. The van der Waals surface area contributed by atoms with Crippen molar-refractivity contribution in [2.75, 3.05) is 31.4 Å². The molecule has 2 aromatic heterocycles. The number of aromatic nitrogens is 4. The maximum absolute atomic E-state index is 13.9. The second kappa shape index (κ2) is 10.8. The number of anilines is 2. The molecule has 0 aliphatic heterocycles. The lowest BCUT2D eigenvalue weighted by atomic mass is 10.1. The number of nitrogens with one attached hydrogen (secondary N) is 2. The number of halogens is 4. The second-order valence-electron chi connectivity index (χ2n) is 7.27. The molecule has 34 heavy (non-hydrogen) atoms. The number of nitrogens with zero attached hydrogens (tertiary/aromatic N) is 4. The number of carbonyl (C=O) groups is 1. The lowest BCUT2D eigenvalue weighted by Crippen LogP contribution is -2.16. The molecule has 0 bridgehead atoms. The van der Waals surface area contributed by atoms with Crippen LogP contribution in [0.4, 0.5) is 29.7 Å². The fraction of sp³-hybridized carbons (Fsp3) is 0.429. The summed E-state index contributed by atoms with van der Waals surface area (Å²) in [5.41, 5.74) is -0.225. The molecular weight excluding hydrogens is 477 g/mol. The van der Waals surface area contributed by atoms with E-state index in [1.165, 1.54) is 11.8 Å². The van der Waals surface area contributed by atoms with Crippen LogP contribution in [0.2, 0.25) is 0 Å². The van der Waals surface area contributed by atoms with Crippen LogP contribution in [0.3, 0.4) is 0 Å². The van der Waals surface area contributed by atoms with Gasteiger partial charge < -0.3 is 14.8 Å². The zero-order chi connectivity index (χ0) is 24.9. The van der Waals surface area contributed by atoms with Gasteiger partial charge in [0.25, 0.3) is 0 Å². The van der Waals surface area contributed by atoms with Gasteiger partial charge >= 0.3 is 12.3 Å². The number of amides is 1. The molecule has 0 saturated carbocycles. The van der Waals surface area contributed by atoms with Crippen molar-refractivity contribution < 1.29 is 27.4 Å². The Bertz CT molecular complexity index is 1170. The average molecular weight is 501 g/mol. The number of hydrogen-bond acceptors (Lipinski definition) is 7. The highest BCUT2D eigenvalue weighted by Crippen LogP contribution is 2.36. The number of rotatable bonds is 9. The van der Waals surface area contributed by atoms with E-state index in [4.69, 9.17) is 16.3 Å². The molecule has 0 aliphatic rings. The molecule has 3 aromatic rings. The fourth-order valence-corrected chi connectivity index (χ4v) is 3.42. The first kappa shape index (κ1) is 25.3. The van der Waals surface area contributed by atoms with Gasteiger partial charge in [-0.1, -0.05) is 25.5 Å². The van der Waals surface area contributed by atoms with Crippen LogP contribution < -0.4 is 15.4 Å². The van der Waals surface area contributed by atoms with Crippen LogP contribution in [0.15, 0.2) is 18.2 Å². The van der Waals surface area contributed by atoms with Crippen molar-refractivity contribution in [1.82, 2.24) is 19.7 Å². The Balaban J connectivity index is 2.20. The quantitative estimate of drug-likeness (QED) is 0.313. The fourth-order valence-electron chi connectivity index (χ4n) is 3.26. The monoisotopic (exact) mass is 500 g/mol. The van der Waals surface area contributed by atoms with Gasteiger partial charge in [-0.05, 0) is 18.1 Å². The molecule has 0 spiro atoms. The van der Waals surface area contributed by atoms with E-state index in [-0.39, 0.29) is 29.7 Å². The summed E-state index contributed by atoms with van der Waals surface area (Å²) in [6.45, 7) is 2.37. The first-order chi connectivity index (χ1) is 16.2. The molecule has 3 rings (SSSR count). The number of methoxy groups -OCH3 is 2. The molecule has 13 heteroatoms. The highest BCUT2D eigenvalue weighted by atomic mass is 35.5. The SMILES string of the molecule is CCCCNc1nc(NC(=O)OC)nc2c(C(F)(F)F)nn(Cc3ccc(CCl)cc3OC)c12. The molecule has 0 unspecified atom stereocenters. The maximum atomic E-state index is 13.9. The molecule has 1 aromatic carbocycles. The highest BCUT2D eigenvalue weighted by Gasteiger charge is 2.39. The predicted octanol–water partition coefficient (Wildman–Crippen LogP) is 5.03. The minimum atomic E-state index is -4.80. The molecular formula is C21H24ClF3N6O3. The number of fused-ring (bicyclic) bond motifs is 1. The molecule has 1 amide bonds. The number of hydrogen-bond donors (Lipinski definition) is 2. The van der Waals surface area contributed by atoms with Crippen LogP contribution in [0.5, 0.6) is 5.75 Å². The molecule has 0 atom stereocenters. The summed E-state index contributed by atoms with van der Waals surface area (Å²) in [4.78, 5) is 19.8. The molecule has 2 heterocycles.